The van der Waals surface area contributed by atoms with Crippen molar-refractivity contribution in [1.82, 2.24) is 14.8 Å². The Morgan fingerprint density at radius 2 is 1.90 bits per heavy atom. The van der Waals surface area contributed by atoms with E-state index < -0.39 is 0 Å². The first-order valence-corrected chi connectivity index (χ1v) is 9.96. The van der Waals surface area contributed by atoms with E-state index in [1.54, 1.807) is 4.57 Å². The number of benzene rings is 2. The highest BCUT2D eigenvalue weighted by molar-refractivity contribution is 7.71. The summed E-state index contributed by atoms with van der Waals surface area (Å²) in [5, 5.41) is 10.1. The summed E-state index contributed by atoms with van der Waals surface area (Å²) in [5.74, 6) is 0.489. The summed E-state index contributed by atoms with van der Waals surface area (Å²) in [6.07, 6.45) is 0. The molecule has 1 aliphatic rings. The number of nitrogens with one attached hydrogen (secondary N) is 2. The van der Waals surface area contributed by atoms with Crippen LogP contribution in [0.3, 0.4) is 0 Å². The third-order valence-corrected chi connectivity index (χ3v) is 5.21. The van der Waals surface area contributed by atoms with Gasteiger partial charge >= 0.3 is 0 Å². The lowest BCUT2D eigenvalue weighted by Crippen LogP contribution is -2.36. The first kappa shape index (κ1) is 19.4. The van der Waals surface area contributed by atoms with Gasteiger partial charge in [0.05, 0.1) is 24.6 Å². The van der Waals surface area contributed by atoms with E-state index in [9.17, 15) is 4.79 Å². The van der Waals surface area contributed by atoms with Crippen LogP contribution in [0.25, 0.3) is 11.4 Å². The van der Waals surface area contributed by atoms with Crippen LogP contribution in [0.2, 0.25) is 0 Å². The van der Waals surface area contributed by atoms with Gasteiger partial charge in [-0.2, -0.15) is 5.10 Å². The summed E-state index contributed by atoms with van der Waals surface area (Å²) >= 11 is 5.35. The average Bonchev–Trinajstić information content (AvgIpc) is 3.10. The van der Waals surface area contributed by atoms with Crippen molar-refractivity contribution >= 4 is 29.5 Å². The molecular formula is C21H23N5O2S. The second kappa shape index (κ2) is 8.59. The van der Waals surface area contributed by atoms with Gasteiger partial charge < -0.3 is 15.0 Å². The molecule has 3 aromatic rings. The van der Waals surface area contributed by atoms with E-state index in [4.69, 9.17) is 17.0 Å². The molecule has 2 heterocycles. The van der Waals surface area contributed by atoms with Crippen molar-refractivity contribution in [3.63, 3.8) is 0 Å². The Bertz CT molecular complexity index is 1050. The molecule has 1 amide bonds. The fourth-order valence-corrected chi connectivity index (χ4v) is 3.58. The number of nitrogens with zero attached hydrogens (tertiary/aromatic N) is 3. The van der Waals surface area contributed by atoms with Gasteiger partial charge in [0.25, 0.3) is 0 Å². The highest BCUT2D eigenvalue weighted by Gasteiger charge is 2.17. The number of ether oxygens (including phenoxy) is 1. The highest BCUT2D eigenvalue weighted by Crippen LogP contribution is 2.26. The molecule has 0 atom stereocenters. The number of hydrogen-bond donors (Lipinski definition) is 2. The zero-order valence-electron chi connectivity index (χ0n) is 16.2. The van der Waals surface area contributed by atoms with Gasteiger partial charge in [-0.05, 0) is 31.3 Å². The fourth-order valence-electron chi connectivity index (χ4n) is 3.38. The lowest BCUT2D eigenvalue weighted by atomic mass is 10.1. The number of morpholine rings is 1. The zero-order chi connectivity index (χ0) is 20.2. The fraction of sp³-hybridized carbons (Fsp3) is 0.286. The summed E-state index contributed by atoms with van der Waals surface area (Å²) in [6.45, 7) is 5.09. The lowest BCUT2D eigenvalue weighted by molar-refractivity contribution is -0.116. The number of anilines is 2. The Labute approximate surface area is 174 Å². The second-order valence-corrected chi connectivity index (χ2v) is 7.36. The van der Waals surface area contributed by atoms with Gasteiger partial charge in [-0.3, -0.25) is 14.5 Å². The quantitative estimate of drug-likeness (QED) is 0.632. The first-order valence-electron chi connectivity index (χ1n) is 9.55. The summed E-state index contributed by atoms with van der Waals surface area (Å²) in [6, 6.07) is 15.8. The van der Waals surface area contributed by atoms with Gasteiger partial charge in [0, 0.05) is 18.7 Å². The monoisotopic (exact) mass is 409 g/mol. The Morgan fingerprint density at radius 1 is 1.17 bits per heavy atom. The molecule has 1 saturated heterocycles. The van der Waals surface area contributed by atoms with Crippen molar-refractivity contribution in [1.29, 1.82) is 0 Å². The smallest absolute Gasteiger partial charge is 0.244 e. The molecule has 0 saturated carbocycles. The van der Waals surface area contributed by atoms with Crippen molar-refractivity contribution in [2.24, 2.45) is 0 Å². The van der Waals surface area contributed by atoms with Crippen LogP contribution in [0.4, 0.5) is 11.4 Å². The Morgan fingerprint density at radius 3 is 2.66 bits per heavy atom. The molecule has 4 rings (SSSR count). The summed E-state index contributed by atoms with van der Waals surface area (Å²) < 4.78 is 7.56. The van der Waals surface area contributed by atoms with Crippen molar-refractivity contribution in [3.8, 4) is 11.4 Å². The Balaban J connectivity index is 1.54. The van der Waals surface area contributed by atoms with E-state index in [1.807, 2.05) is 55.5 Å². The van der Waals surface area contributed by atoms with Gasteiger partial charge in [0.1, 0.15) is 6.54 Å². The van der Waals surface area contributed by atoms with E-state index in [-0.39, 0.29) is 12.5 Å². The van der Waals surface area contributed by atoms with Crippen LogP contribution < -0.4 is 10.2 Å². The normalized spacial score (nSPS) is 14.0. The van der Waals surface area contributed by atoms with Crippen LogP contribution in [0.15, 0.2) is 48.5 Å². The molecular weight excluding hydrogens is 386 g/mol. The molecule has 2 aromatic carbocycles. The van der Waals surface area contributed by atoms with Gasteiger partial charge in [0.15, 0.2) is 10.6 Å². The van der Waals surface area contributed by atoms with Crippen LogP contribution in [-0.2, 0) is 16.1 Å². The molecule has 2 N–H and O–H groups in total. The predicted molar refractivity (Wildman–Crippen MR) is 116 cm³/mol. The summed E-state index contributed by atoms with van der Waals surface area (Å²) in [7, 11) is 0. The second-order valence-electron chi connectivity index (χ2n) is 6.97. The molecule has 7 nitrogen and oxygen atoms in total. The van der Waals surface area contributed by atoms with Crippen molar-refractivity contribution in [2.45, 2.75) is 13.5 Å². The van der Waals surface area contributed by atoms with Gasteiger partial charge in [-0.1, -0.05) is 42.0 Å². The molecule has 8 heteroatoms. The SMILES string of the molecule is Cc1ccc(-c2n[nH]c(=S)n2CC(=O)Nc2ccccc2N2CCOCC2)cc1. The van der Waals surface area contributed by atoms with E-state index >= 15 is 0 Å². The maximum atomic E-state index is 12.8. The Kier molecular flexibility index (Phi) is 5.73. The van der Waals surface area contributed by atoms with E-state index in [1.165, 1.54) is 0 Å². The van der Waals surface area contributed by atoms with Crippen LogP contribution in [0, 0.1) is 11.7 Å². The maximum Gasteiger partial charge on any atom is 0.244 e. The molecule has 0 aliphatic carbocycles. The number of aryl methyl sites for hydroxylation is 1. The summed E-state index contributed by atoms with van der Waals surface area (Å²) in [5.41, 5.74) is 3.85. The molecule has 0 unspecified atom stereocenters. The van der Waals surface area contributed by atoms with Gasteiger partial charge in [-0.25, -0.2) is 0 Å². The van der Waals surface area contributed by atoms with Gasteiger partial charge in [0.2, 0.25) is 5.91 Å². The van der Waals surface area contributed by atoms with Crippen molar-refractivity contribution in [3.05, 3.63) is 58.9 Å². The standard InChI is InChI=1S/C21H23N5O2S/c1-15-6-8-16(9-7-15)20-23-24-21(29)26(20)14-19(27)22-17-4-2-3-5-18(17)25-10-12-28-13-11-25/h2-9H,10-14H2,1H3,(H,22,27)(H,24,29). The number of aromatic amines is 1. The minimum absolute atomic E-state index is 0.0794. The third kappa shape index (κ3) is 4.38. The zero-order valence-corrected chi connectivity index (χ0v) is 17.0. The van der Waals surface area contributed by atoms with Crippen LogP contribution >= 0.6 is 12.2 Å². The number of para-hydroxylation sites is 2. The molecule has 150 valence electrons. The molecule has 1 aromatic heterocycles. The molecule has 1 fully saturated rings. The topological polar surface area (TPSA) is 75.2 Å². The Hall–Kier alpha value is -2.97. The lowest BCUT2D eigenvalue weighted by Gasteiger charge is -2.30. The minimum Gasteiger partial charge on any atom is -0.378 e. The molecule has 0 spiro atoms. The number of hydrogen-bond acceptors (Lipinski definition) is 5. The van der Waals surface area contributed by atoms with E-state index in [0.717, 1.165) is 35.6 Å². The van der Waals surface area contributed by atoms with Crippen LogP contribution in [-0.4, -0.2) is 47.0 Å². The van der Waals surface area contributed by atoms with Crippen LogP contribution in [0.1, 0.15) is 5.56 Å². The largest absolute Gasteiger partial charge is 0.378 e. The minimum atomic E-state index is -0.156. The molecule has 0 bridgehead atoms. The van der Waals surface area contributed by atoms with E-state index in [0.29, 0.717) is 23.8 Å². The highest BCUT2D eigenvalue weighted by atomic mass is 32.1. The van der Waals surface area contributed by atoms with Crippen molar-refractivity contribution in [2.75, 3.05) is 36.5 Å². The first-order chi connectivity index (χ1) is 14.1. The number of rotatable bonds is 5. The number of carbonyl (C=O) groups is 1. The van der Waals surface area contributed by atoms with Crippen molar-refractivity contribution < 1.29 is 9.53 Å². The summed E-state index contributed by atoms with van der Waals surface area (Å²) in [4.78, 5) is 15.1. The number of aromatic nitrogens is 3. The number of H-pyrrole nitrogens is 1. The van der Waals surface area contributed by atoms with E-state index in [2.05, 4.69) is 20.4 Å². The molecule has 0 radical (unpaired) electrons. The third-order valence-electron chi connectivity index (χ3n) is 4.90. The number of carbonyl (C=O) groups excluding carboxylic acids is 1. The predicted octanol–water partition coefficient (Wildman–Crippen LogP) is 3.39. The molecule has 29 heavy (non-hydrogen) atoms. The number of amides is 1. The average molecular weight is 410 g/mol. The maximum absolute atomic E-state index is 12.8. The molecule has 1 aliphatic heterocycles. The van der Waals surface area contributed by atoms with Crippen LogP contribution in [0.5, 0.6) is 0 Å². The van der Waals surface area contributed by atoms with Gasteiger partial charge in [-0.15, -0.1) is 0 Å².